The summed E-state index contributed by atoms with van der Waals surface area (Å²) in [4.78, 5) is 8.32. The molecular weight excluding hydrogens is 236 g/mol. The third kappa shape index (κ3) is 2.88. The fraction of sp³-hybridized carbons (Fsp3) is 0.636. The number of hydrogen-bond acceptors (Lipinski definition) is 6. The second kappa shape index (κ2) is 5.66. The maximum atomic E-state index is 5.97. The molecule has 1 aliphatic rings. The van der Waals surface area contributed by atoms with Gasteiger partial charge in [-0.1, -0.05) is 0 Å². The molecule has 5 nitrogen and oxygen atoms in total. The molecule has 0 radical (unpaired) electrons. The standard InChI is InChI=1S/C11H18N4OS/c1-3-16-8-4-7(12)11(8)15-9-5-10(17-2)14-6-13-9/h5-8,11H,3-4,12H2,1-2H3,(H,13,14,15). The summed E-state index contributed by atoms with van der Waals surface area (Å²) in [5.41, 5.74) is 5.97. The largest absolute Gasteiger partial charge is 0.376 e. The first-order valence-electron chi connectivity index (χ1n) is 5.74. The molecule has 1 fully saturated rings. The number of nitrogens with one attached hydrogen (secondary N) is 1. The molecule has 0 bridgehead atoms. The summed E-state index contributed by atoms with van der Waals surface area (Å²) < 4.78 is 5.60. The topological polar surface area (TPSA) is 73.1 Å². The zero-order valence-corrected chi connectivity index (χ0v) is 10.9. The number of thioether (sulfide) groups is 1. The van der Waals surface area contributed by atoms with Gasteiger partial charge in [0, 0.05) is 18.7 Å². The third-order valence-electron chi connectivity index (χ3n) is 2.91. The summed E-state index contributed by atoms with van der Waals surface area (Å²) in [6, 6.07) is 2.22. The maximum Gasteiger partial charge on any atom is 0.130 e. The second-order valence-corrected chi connectivity index (χ2v) is 4.84. The Morgan fingerprint density at radius 3 is 3.06 bits per heavy atom. The van der Waals surface area contributed by atoms with Crippen molar-refractivity contribution in [3.63, 3.8) is 0 Å². The van der Waals surface area contributed by atoms with Gasteiger partial charge in [0.2, 0.25) is 0 Å². The molecule has 1 aliphatic carbocycles. The minimum Gasteiger partial charge on any atom is -0.376 e. The van der Waals surface area contributed by atoms with Crippen molar-refractivity contribution in [3.8, 4) is 0 Å². The number of nitrogens with zero attached hydrogens (tertiary/aromatic N) is 2. The van der Waals surface area contributed by atoms with Crippen molar-refractivity contribution in [2.45, 2.75) is 36.6 Å². The van der Waals surface area contributed by atoms with Crippen LogP contribution in [0.15, 0.2) is 17.4 Å². The van der Waals surface area contributed by atoms with Crippen molar-refractivity contribution < 1.29 is 4.74 Å². The van der Waals surface area contributed by atoms with Crippen molar-refractivity contribution in [1.29, 1.82) is 0 Å². The lowest BCUT2D eigenvalue weighted by Crippen LogP contribution is -2.60. The first kappa shape index (κ1) is 12.6. The summed E-state index contributed by atoms with van der Waals surface area (Å²) in [6.45, 7) is 2.72. The average Bonchev–Trinajstić information content (AvgIpc) is 2.36. The van der Waals surface area contributed by atoms with Gasteiger partial charge >= 0.3 is 0 Å². The van der Waals surface area contributed by atoms with Crippen molar-refractivity contribution >= 4 is 17.6 Å². The minimum atomic E-state index is 0.138. The van der Waals surface area contributed by atoms with Crippen LogP contribution >= 0.6 is 11.8 Å². The van der Waals surface area contributed by atoms with Gasteiger partial charge in [-0.25, -0.2) is 9.97 Å². The first-order valence-corrected chi connectivity index (χ1v) is 6.96. The van der Waals surface area contributed by atoms with Crippen molar-refractivity contribution in [3.05, 3.63) is 12.4 Å². The summed E-state index contributed by atoms with van der Waals surface area (Å²) in [5.74, 6) is 0.814. The SMILES string of the molecule is CCOC1CC(N)C1Nc1cc(SC)ncn1. The average molecular weight is 254 g/mol. The van der Waals surface area contributed by atoms with Gasteiger partial charge in [-0.2, -0.15) is 0 Å². The Balaban J connectivity index is 1.99. The van der Waals surface area contributed by atoms with Crippen LogP contribution in [0.4, 0.5) is 5.82 Å². The fourth-order valence-corrected chi connectivity index (χ4v) is 2.31. The number of rotatable bonds is 5. The lowest BCUT2D eigenvalue weighted by molar-refractivity contribution is -0.0127. The molecule has 0 spiro atoms. The quantitative estimate of drug-likeness (QED) is 0.606. The smallest absolute Gasteiger partial charge is 0.130 e. The highest BCUT2D eigenvalue weighted by Gasteiger charge is 2.39. The Bertz CT molecular complexity index is 374. The normalized spacial score (nSPS) is 27.6. The van der Waals surface area contributed by atoms with E-state index in [9.17, 15) is 0 Å². The van der Waals surface area contributed by atoms with Gasteiger partial charge in [0.1, 0.15) is 17.2 Å². The molecule has 1 aromatic rings. The molecule has 3 atom stereocenters. The van der Waals surface area contributed by atoms with Crippen LogP contribution in [0.1, 0.15) is 13.3 Å². The van der Waals surface area contributed by atoms with E-state index in [0.717, 1.165) is 23.9 Å². The van der Waals surface area contributed by atoms with E-state index in [4.69, 9.17) is 10.5 Å². The highest BCUT2D eigenvalue weighted by Crippen LogP contribution is 2.26. The molecule has 1 saturated carbocycles. The first-order chi connectivity index (χ1) is 8.24. The Hall–Kier alpha value is -0.850. The monoisotopic (exact) mass is 254 g/mol. The van der Waals surface area contributed by atoms with E-state index in [2.05, 4.69) is 15.3 Å². The van der Waals surface area contributed by atoms with Gasteiger partial charge in [-0.3, -0.25) is 0 Å². The number of aromatic nitrogens is 2. The molecule has 0 saturated heterocycles. The van der Waals surface area contributed by atoms with E-state index in [1.54, 1.807) is 18.1 Å². The van der Waals surface area contributed by atoms with Crippen LogP contribution in [0, 0.1) is 0 Å². The molecule has 1 heterocycles. The summed E-state index contributed by atoms with van der Waals surface area (Å²) in [6.07, 6.45) is 4.66. The molecule has 2 rings (SSSR count). The molecule has 0 aromatic carbocycles. The Kier molecular flexibility index (Phi) is 4.20. The summed E-state index contributed by atoms with van der Waals surface area (Å²) >= 11 is 1.59. The predicted octanol–water partition coefficient (Wildman–Crippen LogP) is 1.12. The molecule has 0 aliphatic heterocycles. The number of ether oxygens (including phenoxy) is 1. The maximum absolute atomic E-state index is 5.97. The lowest BCUT2D eigenvalue weighted by Gasteiger charge is -2.42. The van der Waals surface area contributed by atoms with Crippen molar-refractivity contribution in [2.24, 2.45) is 5.73 Å². The molecule has 0 amide bonds. The van der Waals surface area contributed by atoms with E-state index in [0.29, 0.717) is 0 Å². The van der Waals surface area contributed by atoms with Crippen LogP contribution in [0.5, 0.6) is 0 Å². The van der Waals surface area contributed by atoms with Crippen LogP contribution in [-0.2, 0) is 4.74 Å². The van der Waals surface area contributed by atoms with Gasteiger partial charge < -0.3 is 15.8 Å². The van der Waals surface area contributed by atoms with Crippen LogP contribution in [0.25, 0.3) is 0 Å². The second-order valence-electron chi connectivity index (χ2n) is 4.01. The third-order valence-corrected chi connectivity index (χ3v) is 3.55. The van der Waals surface area contributed by atoms with Crippen LogP contribution in [0.2, 0.25) is 0 Å². The Morgan fingerprint density at radius 2 is 2.41 bits per heavy atom. The zero-order chi connectivity index (χ0) is 12.3. The summed E-state index contributed by atoms with van der Waals surface area (Å²) in [5, 5.41) is 4.27. The number of anilines is 1. The highest BCUT2D eigenvalue weighted by molar-refractivity contribution is 7.98. The van der Waals surface area contributed by atoms with Crippen LogP contribution in [0.3, 0.4) is 0 Å². The van der Waals surface area contributed by atoms with Crippen molar-refractivity contribution in [1.82, 2.24) is 9.97 Å². The summed E-state index contributed by atoms with van der Waals surface area (Å²) in [7, 11) is 0. The predicted molar refractivity (Wildman–Crippen MR) is 69.2 cm³/mol. The van der Waals surface area contributed by atoms with Crippen LogP contribution in [-0.4, -0.2) is 41.0 Å². The van der Waals surface area contributed by atoms with Crippen LogP contribution < -0.4 is 11.1 Å². The highest BCUT2D eigenvalue weighted by atomic mass is 32.2. The molecule has 3 unspecified atom stereocenters. The molecule has 94 valence electrons. The molecule has 3 N–H and O–H groups in total. The zero-order valence-electron chi connectivity index (χ0n) is 10.1. The van der Waals surface area contributed by atoms with E-state index < -0.39 is 0 Å². The Morgan fingerprint density at radius 1 is 1.59 bits per heavy atom. The van der Waals surface area contributed by atoms with Gasteiger partial charge in [0.05, 0.1) is 12.1 Å². The fourth-order valence-electron chi connectivity index (χ4n) is 1.93. The minimum absolute atomic E-state index is 0.138. The van der Waals surface area contributed by atoms with E-state index in [1.807, 2.05) is 19.2 Å². The van der Waals surface area contributed by atoms with E-state index >= 15 is 0 Å². The molecule has 17 heavy (non-hydrogen) atoms. The Labute approximate surface area is 106 Å². The van der Waals surface area contributed by atoms with Gasteiger partial charge in [0.15, 0.2) is 0 Å². The number of nitrogens with two attached hydrogens (primary N) is 1. The van der Waals surface area contributed by atoms with E-state index in [1.165, 1.54) is 0 Å². The van der Waals surface area contributed by atoms with Gasteiger partial charge in [0.25, 0.3) is 0 Å². The number of hydrogen-bond donors (Lipinski definition) is 2. The van der Waals surface area contributed by atoms with Gasteiger partial charge in [-0.15, -0.1) is 11.8 Å². The van der Waals surface area contributed by atoms with Crippen molar-refractivity contribution in [2.75, 3.05) is 18.2 Å². The van der Waals surface area contributed by atoms with Gasteiger partial charge in [-0.05, 0) is 19.6 Å². The molecule has 6 heteroatoms. The lowest BCUT2D eigenvalue weighted by atomic mass is 9.83. The molecule has 1 aromatic heterocycles. The van der Waals surface area contributed by atoms with E-state index in [-0.39, 0.29) is 18.2 Å². The molecular formula is C11H18N4OS.